The molecule has 2 aromatic carbocycles. The monoisotopic (exact) mass is 256 g/mol. The number of ether oxygens (including phenoxy) is 1. The number of benzene rings is 2. The van der Waals surface area contributed by atoms with E-state index < -0.39 is 0 Å². The molecule has 0 fully saturated rings. The molecule has 0 radical (unpaired) electrons. The van der Waals surface area contributed by atoms with Gasteiger partial charge in [-0.05, 0) is 29.8 Å². The zero-order valence-corrected chi connectivity index (χ0v) is 10.5. The summed E-state index contributed by atoms with van der Waals surface area (Å²) in [5.41, 5.74) is 7.27. The van der Waals surface area contributed by atoms with Crippen LogP contribution in [0.3, 0.4) is 0 Å². The van der Waals surface area contributed by atoms with E-state index in [0.29, 0.717) is 12.3 Å². The van der Waals surface area contributed by atoms with E-state index in [1.54, 1.807) is 0 Å². The first-order valence-corrected chi connectivity index (χ1v) is 6.04. The summed E-state index contributed by atoms with van der Waals surface area (Å²) in [6, 6.07) is 16.6. The molecule has 0 bridgehead atoms. The van der Waals surface area contributed by atoms with Crippen LogP contribution in [0.4, 0.5) is 5.69 Å². The Labute approximate surface area is 112 Å². The van der Waals surface area contributed by atoms with Crippen molar-refractivity contribution < 1.29 is 9.53 Å². The molecule has 2 rings (SSSR count). The van der Waals surface area contributed by atoms with Crippen LogP contribution in [-0.2, 0) is 11.3 Å². The van der Waals surface area contributed by atoms with Crippen LogP contribution >= 0.6 is 0 Å². The summed E-state index contributed by atoms with van der Waals surface area (Å²) in [5.74, 6) is 0.487. The Hall–Kier alpha value is -2.33. The van der Waals surface area contributed by atoms with Gasteiger partial charge in [-0.1, -0.05) is 30.3 Å². The van der Waals surface area contributed by atoms with Crippen LogP contribution in [0.5, 0.6) is 5.75 Å². The number of anilines is 1. The molecule has 98 valence electrons. The van der Waals surface area contributed by atoms with E-state index in [9.17, 15) is 4.79 Å². The molecule has 2 aromatic rings. The summed E-state index contributed by atoms with van der Waals surface area (Å²) >= 11 is 0. The summed E-state index contributed by atoms with van der Waals surface area (Å²) in [6.45, 7) is 0.480. The molecule has 0 saturated carbocycles. The molecule has 0 unspecified atom stereocenters. The van der Waals surface area contributed by atoms with Crippen molar-refractivity contribution in [1.29, 1.82) is 0 Å². The van der Waals surface area contributed by atoms with E-state index in [0.717, 1.165) is 11.3 Å². The molecule has 4 heteroatoms. The van der Waals surface area contributed by atoms with E-state index in [2.05, 4.69) is 5.32 Å². The molecule has 0 saturated heterocycles. The predicted molar refractivity (Wildman–Crippen MR) is 74.9 cm³/mol. The lowest BCUT2D eigenvalue weighted by molar-refractivity contribution is -0.118. The van der Waals surface area contributed by atoms with Crippen LogP contribution < -0.4 is 15.8 Å². The largest absolute Gasteiger partial charge is 0.484 e. The molecule has 0 aliphatic heterocycles. The van der Waals surface area contributed by atoms with Crippen LogP contribution in [0, 0.1) is 0 Å². The summed E-state index contributed by atoms with van der Waals surface area (Å²) in [5, 5.41) is 2.76. The maximum atomic E-state index is 11.7. The molecular formula is C15H16N2O2. The summed E-state index contributed by atoms with van der Waals surface area (Å²) in [7, 11) is 0. The first kappa shape index (κ1) is 13.1. The highest BCUT2D eigenvalue weighted by Gasteiger charge is 2.03. The number of para-hydroxylation sites is 1. The molecule has 0 spiro atoms. The fourth-order valence-corrected chi connectivity index (χ4v) is 1.59. The standard InChI is InChI=1S/C15H16N2O2/c16-10-12-6-8-13(9-7-12)17-15(18)11-19-14-4-2-1-3-5-14/h1-9H,10-11,16H2,(H,17,18). The maximum Gasteiger partial charge on any atom is 0.262 e. The third-order valence-corrected chi connectivity index (χ3v) is 2.59. The Morgan fingerprint density at radius 3 is 2.37 bits per heavy atom. The van der Waals surface area contributed by atoms with E-state index in [1.807, 2.05) is 54.6 Å². The third kappa shape index (κ3) is 4.12. The first-order chi connectivity index (χ1) is 9.28. The van der Waals surface area contributed by atoms with Gasteiger partial charge in [0.05, 0.1) is 0 Å². The van der Waals surface area contributed by atoms with Crippen molar-refractivity contribution in [2.45, 2.75) is 6.54 Å². The quantitative estimate of drug-likeness (QED) is 0.861. The van der Waals surface area contributed by atoms with Gasteiger partial charge in [0.25, 0.3) is 5.91 Å². The highest BCUT2D eigenvalue weighted by molar-refractivity contribution is 5.91. The summed E-state index contributed by atoms with van der Waals surface area (Å²) in [6.07, 6.45) is 0. The van der Waals surface area contributed by atoms with Crippen LogP contribution in [0.2, 0.25) is 0 Å². The lowest BCUT2D eigenvalue weighted by Gasteiger charge is -2.07. The van der Waals surface area contributed by atoms with Crippen LogP contribution in [-0.4, -0.2) is 12.5 Å². The minimum Gasteiger partial charge on any atom is -0.484 e. The number of nitrogens with two attached hydrogens (primary N) is 1. The molecule has 1 amide bonds. The van der Waals surface area contributed by atoms with E-state index >= 15 is 0 Å². The van der Waals surface area contributed by atoms with Gasteiger partial charge in [-0.15, -0.1) is 0 Å². The van der Waals surface area contributed by atoms with E-state index in [4.69, 9.17) is 10.5 Å². The molecular weight excluding hydrogens is 240 g/mol. The first-order valence-electron chi connectivity index (χ1n) is 6.04. The Balaban J connectivity index is 1.83. The van der Waals surface area contributed by atoms with E-state index in [1.165, 1.54) is 0 Å². The second-order valence-electron chi connectivity index (χ2n) is 4.05. The van der Waals surface area contributed by atoms with Crippen molar-refractivity contribution in [3.8, 4) is 5.75 Å². The van der Waals surface area contributed by atoms with Gasteiger partial charge in [-0.3, -0.25) is 4.79 Å². The Bertz CT molecular complexity index is 524. The van der Waals surface area contributed by atoms with Gasteiger partial charge in [0.15, 0.2) is 6.61 Å². The number of hydrogen-bond donors (Lipinski definition) is 2. The number of amides is 1. The normalized spacial score (nSPS) is 9.95. The molecule has 0 aliphatic rings. The minimum absolute atomic E-state index is 0.0113. The van der Waals surface area contributed by atoms with Gasteiger partial charge in [-0.25, -0.2) is 0 Å². The fourth-order valence-electron chi connectivity index (χ4n) is 1.59. The van der Waals surface area contributed by atoms with Crippen LogP contribution in [0.1, 0.15) is 5.56 Å². The lowest BCUT2D eigenvalue weighted by Crippen LogP contribution is -2.20. The van der Waals surface area contributed by atoms with E-state index in [-0.39, 0.29) is 12.5 Å². The number of rotatable bonds is 5. The molecule has 0 heterocycles. The fraction of sp³-hybridized carbons (Fsp3) is 0.133. The lowest BCUT2D eigenvalue weighted by atomic mass is 10.2. The van der Waals surface area contributed by atoms with Gasteiger partial charge in [0, 0.05) is 12.2 Å². The SMILES string of the molecule is NCc1ccc(NC(=O)COc2ccccc2)cc1. The number of carbonyl (C=O) groups is 1. The summed E-state index contributed by atoms with van der Waals surface area (Å²) < 4.78 is 5.35. The molecule has 0 aliphatic carbocycles. The average Bonchev–Trinajstić information content (AvgIpc) is 2.47. The average molecular weight is 256 g/mol. The molecule has 0 aromatic heterocycles. The Morgan fingerprint density at radius 1 is 1.05 bits per heavy atom. The van der Waals surface area contributed by atoms with Crippen molar-refractivity contribution in [1.82, 2.24) is 0 Å². The Morgan fingerprint density at radius 2 is 1.74 bits per heavy atom. The van der Waals surface area contributed by atoms with Crippen molar-refractivity contribution in [2.75, 3.05) is 11.9 Å². The second-order valence-corrected chi connectivity index (χ2v) is 4.05. The van der Waals surface area contributed by atoms with Crippen LogP contribution in [0.15, 0.2) is 54.6 Å². The second kappa shape index (κ2) is 6.56. The maximum absolute atomic E-state index is 11.7. The van der Waals surface area contributed by atoms with Gasteiger partial charge >= 0.3 is 0 Å². The third-order valence-electron chi connectivity index (χ3n) is 2.59. The number of hydrogen-bond acceptors (Lipinski definition) is 3. The number of carbonyl (C=O) groups excluding carboxylic acids is 1. The van der Waals surface area contributed by atoms with Crippen molar-refractivity contribution in [3.63, 3.8) is 0 Å². The van der Waals surface area contributed by atoms with Gasteiger partial charge in [0.2, 0.25) is 0 Å². The zero-order chi connectivity index (χ0) is 13.5. The van der Waals surface area contributed by atoms with Crippen LogP contribution in [0.25, 0.3) is 0 Å². The zero-order valence-electron chi connectivity index (χ0n) is 10.5. The van der Waals surface area contributed by atoms with Gasteiger partial charge in [-0.2, -0.15) is 0 Å². The van der Waals surface area contributed by atoms with Crippen molar-refractivity contribution in [3.05, 3.63) is 60.2 Å². The Kier molecular flexibility index (Phi) is 4.53. The predicted octanol–water partition coefficient (Wildman–Crippen LogP) is 2.16. The molecule has 4 nitrogen and oxygen atoms in total. The van der Waals surface area contributed by atoms with Gasteiger partial charge in [0.1, 0.15) is 5.75 Å². The van der Waals surface area contributed by atoms with Crippen molar-refractivity contribution >= 4 is 11.6 Å². The molecule has 3 N–H and O–H groups in total. The smallest absolute Gasteiger partial charge is 0.262 e. The molecule has 0 atom stereocenters. The van der Waals surface area contributed by atoms with Crippen molar-refractivity contribution in [2.24, 2.45) is 5.73 Å². The summed E-state index contributed by atoms with van der Waals surface area (Å²) in [4.78, 5) is 11.7. The highest BCUT2D eigenvalue weighted by Crippen LogP contribution is 2.10. The molecule has 19 heavy (non-hydrogen) atoms. The van der Waals surface area contributed by atoms with Gasteiger partial charge < -0.3 is 15.8 Å². The highest BCUT2D eigenvalue weighted by atomic mass is 16.5. The minimum atomic E-state index is -0.190. The number of nitrogens with one attached hydrogen (secondary N) is 1. The topological polar surface area (TPSA) is 64.3 Å².